The predicted molar refractivity (Wildman–Crippen MR) is 119 cm³/mol. The summed E-state index contributed by atoms with van der Waals surface area (Å²) in [6, 6.07) is -1.21. The zero-order chi connectivity index (χ0) is 23.7. The Hall–Kier alpha value is -3.11. The molecule has 0 saturated carbocycles. The van der Waals surface area contributed by atoms with Crippen LogP contribution in [0.4, 0.5) is 4.79 Å². The summed E-state index contributed by atoms with van der Waals surface area (Å²) in [5.41, 5.74) is 6.18. The van der Waals surface area contributed by atoms with Crippen molar-refractivity contribution in [3.05, 3.63) is 33.7 Å². The summed E-state index contributed by atoms with van der Waals surface area (Å²) in [7, 11) is 1.67. The van der Waals surface area contributed by atoms with E-state index in [0.29, 0.717) is 27.8 Å². The topological polar surface area (TPSA) is 185 Å². The van der Waals surface area contributed by atoms with Gasteiger partial charge in [0.05, 0.1) is 0 Å². The van der Waals surface area contributed by atoms with Gasteiger partial charge in [0, 0.05) is 18.6 Å². The summed E-state index contributed by atoms with van der Waals surface area (Å²) in [6.07, 6.45) is 0. The summed E-state index contributed by atoms with van der Waals surface area (Å²) < 4.78 is 1.47. The van der Waals surface area contributed by atoms with Crippen molar-refractivity contribution in [3.8, 4) is 0 Å². The van der Waals surface area contributed by atoms with Gasteiger partial charge in [0.25, 0.3) is 5.91 Å². The van der Waals surface area contributed by atoms with Gasteiger partial charge in [0.1, 0.15) is 23.2 Å². The number of primary amides is 1. The molecule has 174 valence electrons. The van der Waals surface area contributed by atoms with Crippen LogP contribution in [0.2, 0.25) is 0 Å². The molecule has 2 unspecified atom stereocenters. The number of hydrogen-bond donors (Lipinski definition) is 4. The molecule has 0 spiro atoms. The Morgan fingerprint density at radius 3 is 2.82 bits per heavy atom. The molecular formula is C17H18N8O5S3. The summed E-state index contributed by atoms with van der Waals surface area (Å²) in [6.45, 7) is 0. The lowest BCUT2D eigenvalue weighted by atomic mass is 10.0. The highest BCUT2D eigenvalue weighted by atomic mass is 32.2. The Kier molecular flexibility index (Phi) is 6.57. The van der Waals surface area contributed by atoms with Gasteiger partial charge in [-0.05, 0) is 38.4 Å². The first kappa shape index (κ1) is 23.1. The van der Waals surface area contributed by atoms with E-state index in [1.54, 1.807) is 23.9 Å². The minimum absolute atomic E-state index is 0.0958. The second-order valence-electron chi connectivity index (χ2n) is 7.03. The molecule has 1 fully saturated rings. The number of nitrogens with one attached hydrogen (secondary N) is 2. The number of carbonyl (C=O) groups excluding carboxylic acids is 3. The molecule has 4 heterocycles. The van der Waals surface area contributed by atoms with Gasteiger partial charge in [-0.15, -0.1) is 16.9 Å². The highest BCUT2D eigenvalue weighted by Crippen LogP contribution is 2.41. The SMILES string of the molecule is Cn1nnnc1SCC1=C(C(=O)O)N2C(=O)[C@H](NC(=O)C(NC(N)=O)c3ccsc3)C2SC1. The fraction of sp³-hybridized carbons (Fsp3) is 0.353. The van der Waals surface area contributed by atoms with Crippen molar-refractivity contribution in [1.29, 1.82) is 0 Å². The van der Waals surface area contributed by atoms with Crippen LogP contribution in [-0.4, -0.2) is 76.9 Å². The van der Waals surface area contributed by atoms with Crippen LogP contribution < -0.4 is 16.4 Å². The van der Waals surface area contributed by atoms with Gasteiger partial charge < -0.3 is 21.5 Å². The monoisotopic (exact) mass is 510 g/mol. The molecule has 33 heavy (non-hydrogen) atoms. The van der Waals surface area contributed by atoms with Crippen LogP contribution in [0.5, 0.6) is 0 Å². The smallest absolute Gasteiger partial charge is 0.352 e. The van der Waals surface area contributed by atoms with E-state index in [9.17, 15) is 24.3 Å². The lowest BCUT2D eigenvalue weighted by Gasteiger charge is -2.49. The fourth-order valence-corrected chi connectivity index (χ4v) is 6.43. The minimum atomic E-state index is -1.23. The van der Waals surface area contributed by atoms with Crippen LogP contribution in [0.15, 0.2) is 33.3 Å². The molecule has 1 saturated heterocycles. The first-order valence-corrected chi connectivity index (χ1v) is 12.4. The average Bonchev–Trinajstić information content (AvgIpc) is 3.45. The first-order chi connectivity index (χ1) is 15.8. The second-order valence-corrected chi connectivity index (χ2v) is 9.85. The Balaban J connectivity index is 1.48. The zero-order valence-electron chi connectivity index (χ0n) is 17.0. The molecule has 2 aliphatic rings. The molecule has 4 amide bonds. The van der Waals surface area contributed by atoms with Crippen molar-refractivity contribution in [2.45, 2.75) is 22.6 Å². The Morgan fingerprint density at radius 1 is 1.42 bits per heavy atom. The van der Waals surface area contributed by atoms with Crippen molar-refractivity contribution < 1.29 is 24.3 Å². The standard InChI is InChI=1S/C17H18N8O5S3/c1-24-17(21-22-23-24)33-6-8-5-32-14-10(13(27)25(14)11(8)15(28)29)19-12(26)9(20-16(18)30)7-2-3-31-4-7/h2-4,9-10,14H,5-6H2,1H3,(H,19,26)(H,28,29)(H3,18,20,30)/t9?,10-,14?/m0/s1. The molecule has 5 N–H and O–H groups in total. The van der Waals surface area contributed by atoms with Crippen LogP contribution in [0, 0.1) is 0 Å². The van der Waals surface area contributed by atoms with Gasteiger partial charge in [-0.25, -0.2) is 14.3 Å². The molecule has 2 aromatic rings. The summed E-state index contributed by atoms with van der Waals surface area (Å²) >= 11 is 3.95. The minimum Gasteiger partial charge on any atom is -0.477 e. The number of aromatic nitrogens is 4. The first-order valence-electron chi connectivity index (χ1n) is 9.41. The normalized spacial score (nSPS) is 20.6. The number of carboxylic acid groups (broad SMARTS) is 1. The van der Waals surface area contributed by atoms with Crippen LogP contribution in [0.1, 0.15) is 11.6 Å². The second kappa shape index (κ2) is 9.40. The van der Waals surface area contributed by atoms with Crippen LogP contribution in [0.3, 0.4) is 0 Å². The van der Waals surface area contributed by atoms with Crippen molar-refractivity contribution in [1.82, 2.24) is 35.7 Å². The maximum absolute atomic E-state index is 12.9. The average molecular weight is 511 g/mol. The number of urea groups is 1. The lowest BCUT2D eigenvalue weighted by molar-refractivity contribution is -0.150. The van der Waals surface area contributed by atoms with Crippen LogP contribution >= 0.6 is 34.9 Å². The van der Waals surface area contributed by atoms with E-state index in [2.05, 4.69) is 26.2 Å². The highest BCUT2D eigenvalue weighted by Gasteiger charge is 2.54. The summed E-state index contributed by atoms with van der Waals surface area (Å²) in [5.74, 6) is -1.73. The quantitative estimate of drug-likeness (QED) is 0.267. The van der Waals surface area contributed by atoms with Crippen LogP contribution in [0.25, 0.3) is 0 Å². The fourth-order valence-electron chi connectivity index (χ4n) is 3.41. The van der Waals surface area contributed by atoms with E-state index in [4.69, 9.17) is 5.73 Å². The Bertz CT molecular complexity index is 1130. The van der Waals surface area contributed by atoms with Gasteiger partial charge in [-0.2, -0.15) is 11.3 Å². The third-order valence-electron chi connectivity index (χ3n) is 4.93. The van der Waals surface area contributed by atoms with Gasteiger partial charge >= 0.3 is 12.0 Å². The number of nitrogens with zero attached hydrogens (tertiary/aromatic N) is 5. The van der Waals surface area contributed by atoms with Gasteiger partial charge in [0.15, 0.2) is 0 Å². The molecule has 13 nitrogen and oxygen atoms in total. The number of rotatable bonds is 8. The number of carboxylic acids is 1. The third kappa shape index (κ3) is 4.53. The van der Waals surface area contributed by atoms with Crippen molar-refractivity contribution in [3.63, 3.8) is 0 Å². The lowest BCUT2D eigenvalue weighted by Crippen LogP contribution is -2.71. The molecule has 0 radical (unpaired) electrons. The van der Waals surface area contributed by atoms with Crippen LogP contribution in [-0.2, 0) is 21.4 Å². The van der Waals surface area contributed by atoms with E-state index >= 15 is 0 Å². The Morgan fingerprint density at radius 2 is 2.21 bits per heavy atom. The predicted octanol–water partition coefficient (Wildman–Crippen LogP) is -0.488. The number of fused-ring (bicyclic) bond motifs is 1. The molecule has 2 aliphatic heterocycles. The van der Waals surface area contributed by atoms with E-state index in [1.165, 1.54) is 44.4 Å². The molecule has 0 bridgehead atoms. The van der Waals surface area contributed by atoms with E-state index in [0.717, 1.165) is 0 Å². The van der Waals surface area contributed by atoms with Crippen molar-refractivity contribution >= 4 is 58.7 Å². The number of aryl methyl sites for hydroxylation is 1. The van der Waals surface area contributed by atoms with Crippen molar-refractivity contribution in [2.24, 2.45) is 12.8 Å². The molecule has 16 heteroatoms. The highest BCUT2D eigenvalue weighted by molar-refractivity contribution is 8.01. The number of thioether (sulfide) groups is 2. The molecule has 2 aromatic heterocycles. The van der Waals surface area contributed by atoms with E-state index < -0.39 is 41.3 Å². The zero-order valence-corrected chi connectivity index (χ0v) is 19.4. The van der Waals surface area contributed by atoms with E-state index in [1.807, 2.05) is 0 Å². The Labute approximate surface area is 199 Å². The summed E-state index contributed by atoms with van der Waals surface area (Å²) in [5, 5.41) is 29.3. The number of hydrogen-bond acceptors (Lipinski definition) is 10. The molecule has 0 aliphatic carbocycles. The number of β-lactam (4-membered cyclic amide) rings is 1. The maximum atomic E-state index is 12.9. The number of aliphatic carboxylic acids is 1. The number of nitrogens with two attached hydrogens (primary N) is 1. The molecular weight excluding hydrogens is 492 g/mol. The van der Waals surface area contributed by atoms with Crippen molar-refractivity contribution in [2.75, 3.05) is 11.5 Å². The molecule has 0 aromatic carbocycles. The number of thiophene rings is 1. The maximum Gasteiger partial charge on any atom is 0.352 e. The molecule has 4 rings (SSSR count). The third-order valence-corrected chi connectivity index (χ3v) is 8.07. The van der Waals surface area contributed by atoms with E-state index in [-0.39, 0.29) is 5.70 Å². The summed E-state index contributed by atoms with van der Waals surface area (Å²) in [4.78, 5) is 50.2. The number of amides is 4. The number of carbonyl (C=O) groups is 4. The van der Waals surface area contributed by atoms with Gasteiger partial charge in [-0.3, -0.25) is 14.5 Å². The molecule has 3 atom stereocenters. The van der Waals surface area contributed by atoms with Gasteiger partial charge in [0.2, 0.25) is 11.1 Å². The largest absolute Gasteiger partial charge is 0.477 e. The number of tetrazole rings is 1. The van der Waals surface area contributed by atoms with Gasteiger partial charge in [-0.1, -0.05) is 11.8 Å².